The van der Waals surface area contributed by atoms with Crippen molar-refractivity contribution in [2.24, 2.45) is 5.73 Å². The zero-order valence-corrected chi connectivity index (χ0v) is 11.9. The molecule has 0 fully saturated rings. The van der Waals surface area contributed by atoms with Crippen LogP contribution < -0.4 is 11.5 Å². The molecule has 0 unspecified atom stereocenters. The number of carbonyl (C=O) groups is 1. The number of aromatic nitrogens is 2. The summed E-state index contributed by atoms with van der Waals surface area (Å²) in [6.45, 7) is 4.12. The monoisotopic (exact) mass is 280 g/mol. The van der Waals surface area contributed by atoms with Gasteiger partial charge in [-0.1, -0.05) is 0 Å². The van der Waals surface area contributed by atoms with Gasteiger partial charge in [-0.25, -0.2) is 4.98 Å². The normalized spacial score (nSPS) is 11.0. The molecule has 0 spiro atoms. The number of benzene rings is 2. The third kappa shape index (κ3) is 2.12. The minimum atomic E-state index is -0.536. The number of aryl methyl sites for hydroxylation is 2. The molecule has 1 aromatic heterocycles. The Balaban J connectivity index is 2.23. The largest absolute Gasteiger partial charge is 0.398 e. The van der Waals surface area contributed by atoms with Crippen LogP contribution >= 0.6 is 0 Å². The second kappa shape index (κ2) is 4.63. The molecule has 0 atom stereocenters. The number of nitrogens with zero attached hydrogens (tertiary/aromatic N) is 2. The van der Waals surface area contributed by atoms with Gasteiger partial charge in [0.25, 0.3) is 5.91 Å². The van der Waals surface area contributed by atoms with E-state index < -0.39 is 5.91 Å². The quantitative estimate of drug-likeness (QED) is 0.706. The predicted molar refractivity (Wildman–Crippen MR) is 83.5 cm³/mol. The summed E-state index contributed by atoms with van der Waals surface area (Å²) in [5, 5.41) is 0. The number of anilines is 1. The summed E-state index contributed by atoms with van der Waals surface area (Å²) >= 11 is 0. The molecule has 1 heterocycles. The number of nitrogen functional groups attached to an aromatic ring is 1. The lowest BCUT2D eigenvalue weighted by molar-refractivity contribution is 0.100. The topological polar surface area (TPSA) is 86.9 Å². The van der Waals surface area contributed by atoms with Crippen LogP contribution in [0.1, 0.15) is 21.5 Å². The average molecular weight is 280 g/mol. The first-order valence-corrected chi connectivity index (χ1v) is 6.61. The average Bonchev–Trinajstić information content (AvgIpc) is 2.82. The lowest BCUT2D eigenvalue weighted by Crippen LogP contribution is -2.14. The zero-order valence-electron chi connectivity index (χ0n) is 11.9. The van der Waals surface area contributed by atoms with Gasteiger partial charge in [0, 0.05) is 11.4 Å². The van der Waals surface area contributed by atoms with Gasteiger partial charge in [-0.3, -0.25) is 9.36 Å². The van der Waals surface area contributed by atoms with E-state index in [4.69, 9.17) is 11.5 Å². The minimum Gasteiger partial charge on any atom is -0.398 e. The highest BCUT2D eigenvalue weighted by molar-refractivity contribution is 5.98. The molecule has 3 rings (SSSR count). The van der Waals surface area contributed by atoms with Crippen LogP contribution in [-0.4, -0.2) is 15.5 Å². The molecule has 0 aliphatic rings. The molecule has 0 aliphatic heterocycles. The van der Waals surface area contributed by atoms with Crippen molar-refractivity contribution in [1.29, 1.82) is 0 Å². The van der Waals surface area contributed by atoms with E-state index in [1.54, 1.807) is 18.5 Å². The van der Waals surface area contributed by atoms with Crippen molar-refractivity contribution < 1.29 is 4.79 Å². The molecular weight excluding hydrogens is 264 g/mol. The summed E-state index contributed by atoms with van der Waals surface area (Å²) in [7, 11) is 0. The number of nitrogens with two attached hydrogens (primary N) is 2. The van der Waals surface area contributed by atoms with Crippen LogP contribution in [0.4, 0.5) is 5.69 Å². The smallest absolute Gasteiger partial charge is 0.250 e. The lowest BCUT2D eigenvalue weighted by Gasteiger charge is -2.09. The molecule has 0 saturated heterocycles. The van der Waals surface area contributed by atoms with Gasteiger partial charge in [-0.2, -0.15) is 0 Å². The first kappa shape index (κ1) is 13.2. The summed E-state index contributed by atoms with van der Waals surface area (Å²) in [5.74, 6) is -0.536. The lowest BCUT2D eigenvalue weighted by atomic mass is 10.1. The van der Waals surface area contributed by atoms with Crippen LogP contribution in [0.15, 0.2) is 36.7 Å². The Kier molecular flexibility index (Phi) is 2.90. The van der Waals surface area contributed by atoms with Crippen LogP contribution in [-0.2, 0) is 0 Å². The SMILES string of the molecule is Cc1cc2ncn(-c3ccc(N)c(C(N)=O)c3)c2cc1C. The van der Waals surface area contributed by atoms with E-state index in [9.17, 15) is 4.79 Å². The number of fused-ring (bicyclic) bond motifs is 1. The third-order valence-electron chi connectivity index (χ3n) is 3.74. The number of primary amides is 1. The second-order valence-electron chi connectivity index (χ2n) is 5.18. The third-order valence-corrected chi connectivity index (χ3v) is 3.74. The van der Waals surface area contributed by atoms with E-state index in [0.717, 1.165) is 16.7 Å². The van der Waals surface area contributed by atoms with Crippen molar-refractivity contribution in [3.05, 3.63) is 53.3 Å². The van der Waals surface area contributed by atoms with Crippen molar-refractivity contribution in [3.8, 4) is 5.69 Å². The number of hydrogen-bond donors (Lipinski definition) is 2. The Labute approximate surface area is 122 Å². The van der Waals surface area contributed by atoms with Crippen LogP contribution in [0.5, 0.6) is 0 Å². The van der Waals surface area contributed by atoms with Gasteiger partial charge in [-0.15, -0.1) is 0 Å². The standard InChI is InChI=1S/C16H16N4O/c1-9-5-14-15(6-10(9)2)20(8-19-14)11-3-4-13(17)12(7-11)16(18)21/h3-8H,17H2,1-2H3,(H2,18,21). The molecule has 21 heavy (non-hydrogen) atoms. The second-order valence-corrected chi connectivity index (χ2v) is 5.18. The van der Waals surface area contributed by atoms with Gasteiger partial charge < -0.3 is 11.5 Å². The minimum absolute atomic E-state index is 0.318. The van der Waals surface area contributed by atoms with E-state index in [1.807, 2.05) is 16.7 Å². The van der Waals surface area contributed by atoms with Crippen molar-refractivity contribution >= 4 is 22.6 Å². The molecule has 5 nitrogen and oxygen atoms in total. The molecule has 1 amide bonds. The van der Waals surface area contributed by atoms with Gasteiger partial charge >= 0.3 is 0 Å². The van der Waals surface area contributed by atoms with Crippen molar-refractivity contribution in [2.75, 3.05) is 5.73 Å². The Morgan fingerprint density at radius 1 is 1.14 bits per heavy atom. The molecule has 106 valence electrons. The summed E-state index contributed by atoms with van der Waals surface area (Å²) in [6.07, 6.45) is 1.74. The van der Waals surface area contributed by atoms with Gasteiger partial charge in [0.2, 0.25) is 0 Å². The molecule has 0 radical (unpaired) electrons. The predicted octanol–water partition coefficient (Wildman–Crippen LogP) is 2.32. The number of hydrogen-bond acceptors (Lipinski definition) is 3. The molecule has 4 N–H and O–H groups in total. The fraction of sp³-hybridized carbons (Fsp3) is 0.125. The molecular formula is C16H16N4O. The molecule has 0 saturated carbocycles. The van der Waals surface area contributed by atoms with Gasteiger partial charge in [0.05, 0.1) is 16.6 Å². The van der Waals surface area contributed by atoms with Crippen LogP contribution in [0.3, 0.4) is 0 Å². The molecule has 0 aliphatic carbocycles. The molecule has 3 aromatic rings. The highest BCUT2D eigenvalue weighted by atomic mass is 16.1. The van der Waals surface area contributed by atoms with E-state index >= 15 is 0 Å². The van der Waals surface area contributed by atoms with Crippen LogP contribution in [0.25, 0.3) is 16.7 Å². The fourth-order valence-electron chi connectivity index (χ4n) is 2.38. The summed E-state index contributed by atoms with van der Waals surface area (Å²) in [4.78, 5) is 15.8. The molecule has 5 heteroatoms. The number of amides is 1. The first-order chi connectivity index (χ1) is 9.97. The molecule has 0 bridgehead atoms. The van der Waals surface area contributed by atoms with Gasteiger partial charge in [-0.05, 0) is 55.3 Å². The maximum atomic E-state index is 11.4. The Morgan fingerprint density at radius 3 is 2.57 bits per heavy atom. The van der Waals surface area contributed by atoms with E-state index in [2.05, 4.69) is 24.9 Å². The van der Waals surface area contributed by atoms with E-state index in [-0.39, 0.29) is 0 Å². The Morgan fingerprint density at radius 2 is 1.86 bits per heavy atom. The Hall–Kier alpha value is -2.82. The van der Waals surface area contributed by atoms with E-state index in [1.165, 1.54) is 11.1 Å². The first-order valence-electron chi connectivity index (χ1n) is 6.61. The number of rotatable bonds is 2. The van der Waals surface area contributed by atoms with Crippen LogP contribution in [0.2, 0.25) is 0 Å². The Bertz CT molecular complexity index is 864. The summed E-state index contributed by atoms with van der Waals surface area (Å²) in [5.41, 5.74) is 16.9. The maximum absolute atomic E-state index is 11.4. The number of carbonyl (C=O) groups excluding carboxylic acids is 1. The number of imidazole rings is 1. The molecule has 2 aromatic carbocycles. The van der Waals surface area contributed by atoms with Gasteiger partial charge in [0.15, 0.2) is 0 Å². The highest BCUT2D eigenvalue weighted by Gasteiger charge is 2.11. The summed E-state index contributed by atoms with van der Waals surface area (Å²) in [6, 6.07) is 9.35. The highest BCUT2D eigenvalue weighted by Crippen LogP contribution is 2.23. The maximum Gasteiger partial charge on any atom is 0.250 e. The fourth-order valence-corrected chi connectivity index (χ4v) is 2.38. The van der Waals surface area contributed by atoms with E-state index in [0.29, 0.717) is 11.3 Å². The van der Waals surface area contributed by atoms with Gasteiger partial charge in [0.1, 0.15) is 6.33 Å². The summed E-state index contributed by atoms with van der Waals surface area (Å²) < 4.78 is 1.92. The van der Waals surface area contributed by atoms with Crippen LogP contribution in [0, 0.1) is 13.8 Å². The zero-order chi connectivity index (χ0) is 15.1. The van der Waals surface area contributed by atoms with Crippen molar-refractivity contribution in [2.45, 2.75) is 13.8 Å². The van der Waals surface area contributed by atoms with Crippen molar-refractivity contribution in [3.63, 3.8) is 0 Å². The van der Waals surface area contributed by atoms with Crippen molar-refractivity contribution in [1.82, 2.24) is 9.55 Å².